The highest BCUT2D eigenvalue weighted by Crippen LogP contribution is 2.18. The van der Waals surface area contributed by atoms with E-state index >= 15 is 0 Å². The van der Waals surface area contributed by atoms with Gasteiger partial charge in [0.25, 0.3) is 5.91 Å². The average molecular weight is 270 g/mol. The lowest BCUT2D eigenvalue weighted by atomic mass is 10.2. The number of rotatable bonds is 5. The smallest absolute Gasteiger partial charge is 0.323 e. The van der Waals surface area contributed by atoms with Crippen LogP contribution in [-0.2, 0) is 4.79 Å². The van der Waals surface area contributed by atoms with Crippen molar-refractivity contribution in [1.82, 2.24) is 9.88 Å². The van der Waals surface area contributed by atoms with Crippen LogP contribution in [0.15, 0.2) is 0 Å². The minimum atomic E-state index is -1.01. The van der Waals surface area contributed by atoms with Crippen molar-refractivity contribution in [3.8, 4) is 0 Å². The van der Waals surface area contributed by atoms with Crippen LogP contribution in [0.4, 0.5) is 0 Å². The van der Waals surface area contributed by atoms with E-state index in [1.807, 2.05) is 27.7 Å². The Labute approximate surface area is 110 Å². The molecule has 0 bridgehead atoms. The van der Waals surface area contributed by atoms with Gasteiger partial charge in [-0.2, -0.15) is 0 Å². The van der Waals surface area contributed by atoms with Crippen LogP contribution < -0.4 is 0 Å². The van der Waals surface area contributed by atoms with Crippen molar-refractivity contribution >= 4 is 23.2 Å². The normalized spacial score (nSPS) is 10.7. The Kier molecular flexibility index (Phi) is 4.84. The number of nitrogens with zero attached hydrogens (tertiary/aromatic N) is 2. The number of hydrogen-bond donors (Lipinski definition) is 1. The molecule has 0 radical (unpaired) electrons. The molecule has 0 aliphatic heterocycles. The number of thiazole rings is 1. The van der Waals surface area contributed by atoms with Crippen molar-refractivity contribution < 1.29 is 14.7 Å². The zero-order valence-corrected chi connectivity index (χ0v) is 11.9. The summed E-state index contributed by atoms with van der Waals surface area (Å²) in [6.07, 6.45) is 0. The number of carbonyl (C=O) groups excluding carboxylic acids is 1. The zero-order chi connectivity index (χ0) is 13.9. The van der Waals surface area contributed by atoms with E-state index < -0.39 is 5.97 Å². The quantitative estimate of drug-likeness (QED) is 0.887. The molecule has 0 aliphatic carbocycles. The van der Waals surface area contributed by atoms with E-state index in [1.165, 1.54) is 16.2 Å². The van der Waals surface area contributed by atoms with Gasteiger partial charge in [0, 0.05) is 11.4 Å². The third-order valence-electron chi connectivity index (χ3n) is 2.30. The monoisotopic (exact) mass is 270 g/mol. The van der Waals surface area contributed by atoms with Gasteiger partial charge in [-0.05, 0) is 19.8 Å². The first kappa shape index (κ1) is 14.6. The number of aryl methyl sites for hydroxylation is 2. The van der Waals surface area contributed by atoms with Gasteiger partial charge < -0.3 is 10.0 Å². The molecule has 5 nitrogen and oxygen atoms in total. The fourth-order valence-corrected chi connectivity index (χ4v) is 2.51. The molecule has 1 aromatic heterocycles. The third kappa shape index (κ3) is 3.80. The van der Waals surface area contributed by atoms with Gasteiger partial charge in [0.05, 0.1) is 5.01 Å². The molecule has 0 unspecified atom stereocenters. The molecule has 0 saturated carbocycles. The second-order valence-electron chi connectivity index (χ2n) is 4.61. The van der Waals surface area contributed by atoms with Crippen molar-refractivity contribution in [2.45, 2.75) is 27.7 Å². The number of amides is 1. The first-order valence-electron chi connectivity index (χ1n) is 5.76. The molecule has 1 aromatic rings. The van der Waals surface area contributed by atoms with Gasteiger partial charge in [0.1, 0.15) is 12.2 Å². The molecule has 0 aliphatic rings. The Morgan fingerprint density at radius 3 is 2.39 bits per heavy atom. The van der Waals surface area contributed by atoms with Crippen molar-refractivity contribution in [1.29, 1.82) is 0 Å². The van der Waals surface area contributed by atoms with Gasteiger partial charge in [0.15, 0.2) is 0 Å². The fraction of sp³-hybridized carbons (Fsp3) is 0.583. The molecule has 1 heterocycles. The summed E-state index contributed by atoms with van der Waals surface area (Å²) in [5.74, 6) is -1.09. The molecule has 0 aromatic carbocycles. The van der Waals surface area contributed by atoms with Crippen LogP contribution in [0.1, 0.15) is 34.2 Å². The number of carbonyl (C=O) groups is 2. The summed E-state index contributed by atoms with van der Waals surface area (Å²) in [6, 6.07) is 0. The van der Waals surface area contributed by atoms with Crippen LogP contribution in [0, 0.1) is 19.8 Å². The van der Waals surface area contributed by atoms with Crippen LogP contribution in [0.25, 0.3) is 0 Å². The van der Waals surface area contributed by atoms with Gasteiger partial charge in [-0.15, -0.1) is 11.3 Å². The summed E-state index contributed by atoms with van der Waals surface area (Å²) < 4.78 is 0. The van der Waals surface area contributed by atoms with E-state index in [9.17, 15) is 9.59 Å². The molecule has 1 N–H and O–H groups in total. The van der Waals surface area contributed by atoms with E-state index in [2.05, 4.69) is 4.98 Å². The SMILES string of the molecule is Cc1nc(C(=O)N(CC(=O)O)CC(C)C)c(C)s1. The largest absolute Gasteiger partial charge is 0.480 e. The number of aliphatic carboxylic acids is 1. The number of carboxylic acid groups (broad SMARTS) is 1. The second-order valence-corrected chi connectivity index (χ2v) is 6.02. The molecule has 6 heteroatoms. The van der Waals surface area contributed by atoms with Crippen molar-refractivity contribution in [2.75, 3.05) is 13.1 Å². The molecule has 0 spiro atoms. The van der Waals surface area contributed by atoms with E-state index in [-0.39, 0.29) is 18.4 Å². The fourth-order valence-electron chi connectivity index (χ4n) is 1.70. The Bertz CT molecular complexity index is 454. The Hall–Kier alpha value is -1.43. The van der Waals surface area contributed by atoms with Gasteiger partial charge in [-0.3, -0.25) is 9.59 Å². The maximum Gasteiger partial charge on any atom is 0.323 e. The number of aromatic nitrogens is 1. The molecule has 0 saturated heterocycles. The summed E-state index contributed by atoms with van der Waals surface area (Å²) in [4.78, 5) is 29.4. The summed E-state index contributed by atoms with van der Waals surface area (Å²) in [6.45, 7) is 7.68. The lowest BCUT2D eigenvalue weighted by Gasteiger charge is -2.22. The van der Waals surface area contributed by atoms with E-state index in [0.717, 1.165) is 9.88 Å². The molecule has 1 amide bonds. The molecular formula is C12H18N2O3S. The lowest BCUT2D eigenvalue weighted by molar-refractivity contribution is -0.137. The summed E-state index contributed by atoms with van der Waals surface area (Å²) >= 11 is 1.45. The lowest BCUT2D eigenvalue weighted by Crippen LogP contribution is -2.38. The van der Waals surface area contributed by atoms with Crippen molar-refractivity contribution in [2.24, 2.45) is 5.92 Å². The van der Waals surface area contributed by atoms with Crippen LogP contribution >= 0.6 is 11.3 Å². The molecule has 0 fully saturated rings. The number of hydrogen-bond acceptors (Lipinski definition) is 4. The van der Waals surface area contributed by atoms with Crippen LogP contribution in [0.3, 0.4) is 0 Å². The summed E-state index contributed by atoms with van der Waals surface area (Å²) in [7, 11) is 0. The standard InChI is InChI=1S/C12H18N2O3S/c1-7(2)5-14(6-10(15)16)12(17)11-8(3)18-9(4)13-11/h7H,5-6H2,1-4H3,(H,15,16). The average Bonchev–Trinajstić information content (AvgIpc) is 2.54. The third-order valence-corrected chi connectivity index (χ3v) is 3.19. The van der Waals surface area contributed by atoms with E-state index in [4.69, 9.17) is 5.11 Å². The summed E-state index contributed by atoms with van der Waals surface area (Å²) in [5, 5.41) is 9.67. The minimum Gasteiger partial charge on any atom is -0.480 e. The summed E-state index contributed by atoms with van der Waals surface area (Å²) in [5.41, 5.74) is 0.374. The number of carboxylic acids is 1. The van der Waals surface area contributed by atoms with Gasteiger partial charge >= 0.3 is 5.97 Å². The van der Waals surface area contributed by atoms with Gasteiger partial charge in [0.2, 0.25) is 0 Å². The Balaban J connectivity index is 2.94. The Morgan fingerprint density at radius 1 is 1.39 bits per heavy atom. The second kappa shape index (κ2) is 5.95. The van der Waals surface area contributed by atoms with Crippen molar-refractivity contribution in [3.05, 3.63) is 15.6 Å². The molecule has 1 rings (SSSR count). The highest BCUT2D eigenvalue weighted by atomic mass is 32.1. The molecule has 100 valence electrons. The van der Waals surface area contributed by atoms with Crippen LogP contribution in [0.5, 0.6) is 0 Å². The molecule has 18 heavy (non-hydrogen) atoms. The predicted molar refractivity (Wildman–Crippen MR) is 70.0 cm³/mol. The maximum absolute atomic E-state index is 12.3. The van der Waals surface area contributed by atoms with E-state index in [1.54, 1.807) is 0 Å². The van der Waals surface area contributed by atoms with Crippen molar-refractivity contribution in [3.63, 3.8) is 0 Å². The molecule has 0 atom stereocenters. The first-order chi connectivity index (χ1) is 8.31. The Morgan fingerprint density at radius 2 is 2.00 bits per heavy atom. The zero-order valence-electron chi connectivity index (χ0n) is 11.1. The molecular weight excluding hydrogens is 252 g/mol. The van der Waals surface area contributed by atoms with Crippen LogP contribution in [-0.4, -0.2) is 40.0 Å². The maximum atomic E-state index is 12.3. The first-order valence-corrected chi connectivity index (χ1v) is 6.58. The highest BCUT2D eigenvalue weighted by Gasteiger charge is 2.23. The van der Waals surface area contributed by atoms with Gasteiger partial charge in [-0.1, -0.05) is 13.8 Å². The highest BCUT2D eigenvalue weighted by molar-refractivity contribution is 7.11. The van der Waals surface area contributed by atoms with E-state index in [0.29, 0.717) is 12.2 Å². The van der Waals surface area contributed by atoms with Crippen LogP contribution in [0.2, 0.25) is 0 Å². The van der Waals surface area contributed by atoms with Gasteiger partial charge in [-0.25, -0.2) is 4.98 Å². The minimum absolute atomic E-state index is 0.216. The predicted octanol–water partition coefficient (Wildman–Crippen LogP) is 1.94. The topological polar surface area (TPSA) is 70.5 Å².